The van der Waals surface area contributed by atoms with Gasteiger partial charge >= 0.3 is 0 Å². The van der Waals surface area contributed by atoms with Gasteiger partial charge in [-0.25, -0.2) is 0 Å². The zero-order chi connectivity index (χ0) is 12.1. The molecule has 0 amide bonds. The second kappa shape index (κ2) is 5.57. The maximum atomic E-state index is 5.56. The number of methoxy groups -OCH3 is 1. The molecule has 1 aliphatic rings. The topological polar surface area (TPSA) is 34.1 Å². The number of hydrazone groups is 1. The molecule has 2 rings (SSSR count). The van der Waals surface area contributed by atoms with Gasteiger partial charge in [0, 0.05) is 18.8 Å². The lowest BCUT2D eigenvalue weighted by Gasteiger charge is -2.22. The Kier molecular flexibility index (Phi) is 3.85. The van der Waals surface area contributed by atoms with E-state index in [1.165, 1.54) is 0 Å². The molecule has 0 spiro atoms. The Bertz CT molecular complexity index is 404. The molecule has 0 saturated heterocycles. The van der Waals surface area contributed by atoms with E-state index in [0.717, 1.165) is 36.6 Å². The number of anilines is 1. The summed E-state index contributed by atoms with van der Waals surface area (Å²) in [6.45, 7) is 3.54. The zero-order valence-corrected chi connectivity index (χ0v) is 10.3. The largest absolute Gasteiger partial charge is 0.493 e. The van der Waals surface area contributed by atoms with Crippen LogP contribution in [0.1, 0.15) is 19.8 Å². The number of hydrogen-bond donors (Lipinski definition) is 0. The second-order valence-electron chi connectivity index (χ2n) is 3.83. The molecule has 92 valence electrons. The highest BCUT2D eigenvalue weighted by molar-refractivity contribution is 5.63. The van der Waals surface area contributed by atoms with Crippen LogP contribution in [0.25, 0.3) is 0 Å². The van der Waals surface area contributed by atoms with Crippen molar-refractivity contribution in [1.29, 1.82) is 0 Å². The van der Waals surface area contributed by atoms with E-state index < -0.39 is 0 Å². The fourth-order valence-electron chi connectivity index (χ4n) is 1.84. The molecule has 1 aliphatic heterocycles. The van der Waals surface area contributed by atoms with Crippen molar-refractivity contribution in [3.05, 3.63) is 18.2 Å². The molecule has 4 heteroatoms. The van der Waals surface area contributed by atoms with Crippen molar-refractivity contribution in [1.82, 2.24) is 0 Å². The first kappa shape index (κ1) is 11.8. The molecule has 0 unspecified atom stereocenters. The van der Waals surface area contributed by atoms with E-state index in [4.69, 9.17) is 9.47 Å². The first-order chi connectivity index (χ1) is 8.35. The maximum absolute atomic E-state index is 5.56. The van der Waals surface area contributed by atoms with Crippen LogP contribution in [0.4, 0.5) is 5.69 Å². The average Bonchev–Trinajstić information content (AvgIpc) is 2.40. The summed E-state index contributed by atoms with van der Waals surface area (Å²) in [6.07, 6.45) is 4.15. The molecule has 17 heavy (non-hydrogen) atoms. The van der Waals surface area contributed by atoms with Crippen LogP contribution in [0.2, 0.25) is 0 Å². The molecular formula is C13H18N2O2. The van der Waals surface area contributed by atoms with Gasteiger partial charge in [-0.15, -0.1) is 0 Å². The zero-order valence-electron chi connectivity index (χ0n) is 10.3. The Hall–Kier alpha value is -1.71. The Labute approximate surface area is 102 Å². The molecule has 0 aromatic heterocycles. The summed E-state index contributed by atoms with van der Waals surface area (Å²) in [6, 6.07) is 5.90. The lowest BCUT2D eigenvalue weighted by molar-refractivity contribution is 0.311. The molecule has 0 fully saturated rings. The smallest absolute Gasteiger partial charge is 0.163 e. The normalized spacial score (nSPS) is 14.8. The van der Waals surface area contributed by atoms with Crippen molar-refractivity contribution in [3.8, 4) is 11.5 Å². The van der Waals surface area contributed by atoms with Gasteiger partial charge in [0.05, 0.1) is 19.4 Å². The van der Waals surface area contributed by atoms with Crippen molar-refractivity contribution in [2.24, 2.45) is 5.10 Å². The minimum atomic E-state index is 0.628. The molecule has 0 radical (unpaired) electrons. The quantitative estimate of drug-likeness (QED) is 0.803. The van der Waals surface area contributed by atoms with Gasteiger partial charge in [0.15, 0.2) is 11.5 Å². The maximum Gasteiger partial charge on any atom is 0.163 e. The van der Waals surface area contributed by atoms with E-state index in [0.29, 0.717) is 6.61 Å². The van der Waals surface area contributed by atoms with Crippen molar-refractivity contribution >= 4 is 11.9 Å². The Balaban J connectivity index is 2.25. The molecule has 1 aromatic rings. The molecule has 0 bridgehead atoms. The summed E-state index contributed by atoms with van der Waals surface area (Å²) in [5.41, 5.74) is 1.05. The molecule has 1 aromatic carbocycles. The number of benzene rings is 1. The summed E-state index contributed by atoms with van der Waals surface area (Å²) in [5.74, 6) is 1.53. The summed E-state index contributed by atoms with van der Waals surface area (Å²) >= 11 is 0. The number of ether oxygens (including phenoxy) is 2. The van der Waals surface area contributed by atoms with E-state index in [-0.39, 0.29) is 0 Å². The van der Waals surface area contributed by atoms with Crippen molar-refractivity contribution < 1.29 is 9.47 Å². The Morgan fingerprint density at radius 1 is 1.35 bits per heavy atom. The van der Waals surface area contributed by atoms with E-state index in [2.05, 4.69) is 5.10 Å². The van der Waals surface area contributed by atoms with Crippen molar-refractivity contribution in [2.75, 3.05) is 25.3 Å². The average molecular weight is 234 g/mol. The predicted molar refractivity (Wildman–Crippen MR) is 69.2 cm³/mol. The highest BCUT2D eigenvalue weighted by atomic mass is 16.5. The minimum absolute atomic E-state index is 0.628. The van der Waals surface area contributed by atoms with Crippen molar-refractivity contribution in [2.45, 2.75) is 19.8 Å². The van der Waals surface area contributed by atoms with Crippen LogP contribution in [0.5, 0.6) is 11.5 Å². The SMILES string of the molecule is CCOc1cc(N2CCCC=N2)ccc1OC. The molecule has 0 saturated carbocycles. The van der Waals surface area contributed by atoms with Gasteiger partial charge in [0.2, 0.25) is 0 Å². The third-order valence-corrected chi connectivity index (χ3v) is 2.67. The van der Waals surface area contributed by atoms with Gasteiger partial charge in [0.25, 0.3) is 0 Å². The van der Waals surface area contributed by atoms with Crippen LogP contribution in [0.3, 0.4) is 0 Å². The van der Waals surface area contributed by atoms with Gasteiger partial charge in [-0.3, -0.25) is 5.01 Å². The van der Waals surface area contributed by atoms with Crippen LogP contribution >= 0.6 is 0 Å². The summed E-state index contributed by atoms with van der Waals surface area (Å²) in [7, 11) is 1.65. The fraction of sp³-hybridized carbons (Fsp3) is 0.462. The highest BCUT2D eigenvalue weighted by Crippen LogP contribution is 2.32. The Morgan fingerprint density at radius 2 is 2.24 bits per heavy atom. The van der Waals surface area contributed by atoms with Crippen molar-refractivity contribution in [3.63, 3.8) is 0 Å². The molecule has 0 N–H and O–H groups in total. The van der Waals surface area contributed by atoms with Gasteiger partial charge in [0.1, 0.15) is 0 Å². The summed E-state index contributed by atoms with van der Waals surface area (Å²) in [4.78, 5) is 0. The Morgan fingerprint density at radius 3 is 2.88 bits per heavy atom. The monoisotopic (exact) mass is 234 g/mol. The van der Waals surface area contributed by atoms with Gasteiger partial charge in [-0.05, 0) is 31.9 Å². The number of rotatable bonds is 4. The predicted octanol–water partition coefficient (Wildman–Crippen LogP) is 2.68. The molecular weight excluding hydrogens is 216 g/mol. The van der Waals surface area contributed by atoms with Crippen LogP contribution in [0.15, 0.2) is 23.3 Å². The van der Waals surface area contributed by atoms with Crippen LogP contribution in [-0.2, 0) is 0 Å². The van der Waals surface area contributed by atoms with E-state index >= 15 is 0 Å². The molecule has 0 atom stereocenters. The summed E-state index contributed by atoms with van der Waals surface area (Å²) < 4.78 is 10.8. The lowest BCUT2D eigenvalue weighted by atomic mass is 10.2. The molecule has 4 nitrogen and oxygen atoms in total. The summed E-state index contributed by atoms with van der Waals surface area (Å²) in [5, 5.41) is 6.36. The third-order valence-electron chi connectivity index (χ3n) is 2.67. The van der Waals surface area contributed by atoms with Crippen LogP contribution in [-0.4, -0.2) is 26.5 Å². The van der Waals surface area contributed by atoms with Crippen LogP contribution in [0, 0.1) is 0 Å². The first-order valence-corrected chi connectivity index (χ1v) is 5.96. The van der Waals surface area contributed by atoms with Gasteiger partial charge in [-0.2, -0.15) is 5.10 Å². The first-order valence-electron chi connectivity index (χ1n) is 5.96. The standard InChI is InChI=1S/C13H18N2O2/c1-3-17-13-10-11(6-7-12(13)16-2)15-9-5-4-8-14-15/h6-8,10H,3-5,9H2,1-2H3. The minimum Gasteiger partial charge on any atom is -0.493 e. The lowest BCUT2D eigenvalue weighted by Crippen LogP contribution is -2.21. The second-order valence-corrected chi connectivity index (χ2v) is 3.83. The molecule has 0 aliphatic carbocycles. The van der Waals surface area contributed by atoms with Gasteiger partial charge in [-0.1, -0.05) is 0 Å². The molecule has 1 heterocycles. The number of nitrogens with zero attached hydrogens (tertiary/aromatic N) is 2. The third kappa shape index (κ3) is 2.70. The van der Waals surface area contributed by atoms with E-state index in [1.54, 1.807) is 7.11 Å². The van der Waals surface area contributed by atoms with E-state index in [1.807, 2.05) is 36.3 Å². The van der Waals surface area contributed by atoms with Crippen LogP contribution < -0.4 is 14.5 Å². The fourth-order valence-corrected chi connectivity index (χ4v) is 1.84. The van der Waals surface area contributed by atoms with Gasteiger partial charge < -0.3 is 9.47 Å². The van der Waals surface area contributed by atoms with E-state index in [9.17, 15) is 0 Å². The highest BCUT2D eigenvalue weighted by Gasteiger charge is 2.11. The number of hydrogen-bond acceptors (Lipinski definition) is 4.